The molecule has 0 saturated heterocycles. The fourth-order valence-electron chi connectivity index (χ4n) is 4.09. The van der Waals surface area contributed by atoms with Crippen LogP contribution in [0.5, 0.6) is 0 Å². The minimum Gasteiger partial charge on any atom is -0.289 e. The summed E-state index contributed by atoms with van der Waals surface area (Å²) in [4.78, 5) is 22.7. The summed E-state index contributed by atoms with van der Waals surface area (Å²) in [5, 5.41) is 0. The van der Waals surface area contributed by atoms with Crippen LogP contribution in [0.3, 0.4) is 0 Å². The maximum Gasteiger partial charge on any atom is 0.189 e. The number of carbonyl (C=O) groups excluding carboxylic acids is 1. The van der Waals surface area contributed by atoms with Crippen LogP contribution >= 0.6 is 0 Å². The van der Waals surface area contributed by atoms with Crippen molar-refractivity contribution in [2.45, 2.75) is 6.42 Å². The van der Waals surface area contributed by atoms with Crippen LogP contribution < -0.4 is 0 Å². The number of ketones is 1. The summed E-state index contributed by atoms with van der Waals surface area (Å²) in [6.07, 6.45) is 11.0. The first kappa shape index (κ1) is 20.4. The molecule has 0 bridgehead atoms. The fraction of sp³-hybridized carbons (Fsp3) is 0.0333. The summed E-state index contributed by atoms with van der Waals surface area (Å²) in [6.45, 7) is 0. The summed E-state index contributed by atoms with van der Waals surface area (Å²) in [6, 6.07) is 27.8. The van der Waals surface area contributed by atoms with E-state index in [2.05, 4.69) is 5.92 Å². The van der Waals surface area contributed by atoms with Gasteiger partial charge in [-0.3, -0.25) is 4.79 Å². The smallest absolute Gasteiger partial charge is 0.189 e. The number of carbonyl (C=O) groups is 1. The van der Waals surface area contributed by atoms with Gasteiger partial charge in [-0.2, -0.15) is 0 Å². The molecule has 33 heavy (non-hydrogen) atoms. The van der Waals surface area contributed by atoms with Gasteiger partial charge in [0.1, 0.15) is 0 Å². The van der Waals surface area contributed by atoms with Crippen LogP contribution in [0.1, 0.15) is 15.9 Å². The highest BCUT2D eigenvalue weighted by atomic mass is 16.1. The number of benzene rings is 3. The molecule has 0 unspecified atom stereocenters. The van der Waals surface area contributed by atoms with Crippen molar-refractivity contribution < 1.29 is 4.79 Å². The van der Waals surface area contributed by atoms with Crippen LogP contribution in [0.15, 0.2) is 109 Å². The number of fused-ring (bicyclic) bond motifs is 1. The molecular formula is C30H20N2O. The van der Waals surface area contributed by atoms with Crippen molar-refractivity contribution in [3.05, 3.63) is 120 Å². The highest BCUT2D eigenvalue weighted by molar-refractivity contribution is 6.14. The number of aromatic nitrogens is 2. The summed E-state index contributed by atoms with van der Waals surface area (Å²) >= 11 is 0. The first-order valence-electron chi connectivity index (χ1n) is 10.7. The van der Waals surface area contributed by atoms with E-state index in [1.165, 1.54) is 0 Å². The van der Waals surface area contributed by atoms with Crippen LogP contribution in [-0.2, 0) is 6.42 Å². The lowest BCUT2D eigenvalue weighted by Gasteiger charge is -2.11. The number of hydrogen-bond acceptors (Lipinski definition) is 3. The van der Waals surface area contributed by atoms with Gasteiger partial charge in [0.2, 0.25) is 0 Å². The Morgan fingerprint density at radius 2 is 1.45 bits per heavy atom. The van der Waals surface area contributed by atoms with Gasteiger partial charge in [-0.1, -0.05) is 96.9 Å². The molecule has 3 heteroatoms. The Labute approximate surface area is 193 Å². The van der Waals surface area contributed by atoms with Gasteiger partial charge in [0, 0.05) is 34.2 Å². The second kappa shape index (κ2) is 8.90. The lowest BCUT2D eigenvalue weighted by atomic mass is 9.99. The molecule has 0 fully saturated rings. The summed E-state index contributed by atoms with van der Waals surface area (Å²) in [5.74, 6) is 3.15. The van der Waals surface area contributed by atoms with E-state index in [0.29, 0.717) is 17.8 Å². The molecular weight excluding hydrogens is 404 g/mol. The van der Waals surface area contributed by atoms with Gasteiger partial charge in [0.15, 0.2) is 11.6 Å². The van der Waals surface area contributed by atoms with E-state index in [4.69, 9.17) is 16.4 Å². The van der Waals surface area contributed by atoms with Crippen molar-refractivity contribution in [2.75, 3.05) is 0 Å². The van der Waals surface area contributed by atoms with E-state index in [9.17, 15) is 4.79 Å². The van der Waals surface area contributed by atoms with Crippen LogP contribution in [0.25, 0.3) is 33.9 Å². The molecule has 4 aromatic rings. The van der Waals surface area contributed by atoms with Gasteiger partial charge < -0.3 is 0 Å². The Balaban J connectivity index is 1.67. The van der Waals surface area contributed by atoms with Crippen LogP contribution in [-0.4, -0.2) is 15.8 Å². The topological polar surface area (TPSA) is 42.9 Å². The number of terminal acetylenes is 1. The Morgan fingerprint density at radius 3 is 2.18 bits per heavy atom. The molecule has 0 radical (unpaired) electrons. The molecule has 0 saturated carbocycles. The third-order valence-corrected chi connectivity index (χ3v) is 5.67. The summed E-state index contributed by atoms with van der Waals surface area (Å²) < 4.78 is 0. The van der Waals surface area contributed by atoms with Gasteiger partial charge in [0.05, 0.1) is 11.4 Å². The van der Waals surface area contributed by atoms with E-state index in [0.717, 1.165) is 39.2 Å². The van der Waals surface area contributed by atoms with Crippen LogP contribution in [0, 0.1) is 12.3 Å². The molecule has 1 heterocycles. The molecule has 0 aliphatic heterocycles. The van der Waals surface area contributed by atoms with Gasteiger partial charge in [-0.15, -0.1) is 6.42 Å². The van der Waals surface area contributed by atoms with Crippen molar-refractivity contribution >= 4 is 5.78 Å². The zero-order valence-electron chi connectivity index (χ0n) is 17.9. The molecule has 0 N–H and O–H groups in total. The molecule has 3 aromatic carbocycles. The zero-order chi connectivity index (χ0) is 22.6. The van der Waals surface area contributed by atoms with E-state index in [1.54, 1.807) is 18.2 Å². The maximum absolute atomic E-state index is 13.0. The highest BCUT2D eigenvalue weighted by Gasteiger charge is 2.27. The number of hydrogen-bond donors (Lipinski definition) is 0. The van der Waals surface area contributed by atoms with Gasteiger partial charge in [-0.25, -0.2) is 9.97 Å². The van der Waals surface area contributed by atoms with Gasteiger partial charge in [0.25, 0.3) is 0 Å². The number of rotatable bonds is 4. The quantitative estimate of drug-likeness (QED) is 0.284. The predicted octanol–water partition coefficient (Wildman–Crippen LogP) is 6.33. The minimum atomic E-state index is 0.0362. The van der Waals surface area contributed by atoms with E-state index < -0.39 is 0 Å². The molecule has 0 spiro atoms. The standard InChI is InChI=1S/C30H20N2O/c1-2-3-6-16-23-19-26-24(17-11-18-25(26)29(23)33)28-20-27(21-12-7-4-8-13-21)31-30(32-28)22-14-9-5-10-15-22/h1,3-18,20H,19H2/b6-3-,23-16+. The molecule has 5 rings (SSSR count). The Kier molecular flexibility index (Phi) is 5.49. The van der Waals surface area contributed by atoms with Crippen molar-refractivity contribution in [1.29, 1.82) is 0 Å². The maximum atomic E-state index is 13.0. The predicted molar refractivity (Wildman–Crippen MR) is 132 cm³/mol. The molecule has 156 valence electrons. The lowest BCUT2D eigenvalue weighted by molar-refractivity contribution is 0.103. The van der Waals surface area contributed by atoms with Gasteiger partial charge >= 0.3 is 0 Å². The molecule has 3 nitrogen and oxygen atoms in total. The van der Waals surface area contributed by atoms with Crippen molar-refractivity contribution in [2.24, 2.45) is 0 Å². The highest BCUT2D eigenvalue weighted by Crippen LogP contribution is 2.36. The van der Waals surface area contributed by atoms with E-state index in [-0.39, 0.29) is 5.78 Å². The number of nitrogens with zero attached hydrogens (tertiary/aromatic N) is 2. The zero-order valence-corrected chi connectivity index (χ0v) is 17.9. The first-order chi connectivity index (χ1) is 16.2. The molecule has 1 aliphatic carbocycles. The number of Topliss-reactive ketones (excluding diaryl/α,β-unsaturated/α-hetero) is 1. The minimum absolute atomic E-state index is 0.0362. The van der Waals surface area contributed by atoms with Crippen molar-refractivity contribution in [3.63, 3.8) is 0 Å². The SMILES string of the molecule is C#C/C=C\C=C1/Cc2c(cccc2-c2cc(-c3ccccc3)nc(-c3ccccc3)n2)C1=O. The van der Waals surface area contributed by atoms with Gasteiger partial charge in [-0.05, 0) is 17.7 Å². The molecule has 0 amide bonds. The van der Waals surface area contributed by atoms with E-state index in [1.807, 2.05) is 84.9 Å². The Bertz CT molecular complexity index is 1380. The van der Waals surface area contributed by atoms with Crippen molar-refractivity contribution in [3.8, 4) is 46.2 Å². The average Bonchev–Trinajstić information content (AvgIpc) is 3.20. The van der Waals surface area contributed by atoms with E-state index >= 15 is 0 Å². The summed E-state index contributed by atoms with van der Waals surface area (Å²) in [7, 11) is 0. The summed E-state index contributed by atoms with van der Waals surface area (Å²) in [5.41, 5.74) is 6.98. The first-order valence-corrected chi connectivity index (χ1v) is 10.7. The largest absolute Gasteiger partial charge is 0.289 e. The Morgan fingerprint density at radius 1 is 0.788 bits per heavy atom. The molecule has 0 atom stereocenters. The van der Waals surface area contributed by atoms with Crippen LogP contribution in [0.4, 0.5) is 0 Å². The second-order valence-electron chi connectivity index (χ2n) is 7.75. The average molecular weight is 425 g/mol. The molecule has 1 aliphatic rings. The van der Waals surface area contributed by atoms with Crippen LogP contribution in [0.2, 0.25) is 0 Å². The second-order valence-corrected chi connectivity index (χ2v) is 7.75. The lowest BCUT2D eigenvalue weighted by Crippen LogP contribution is -1.98. The third-order valence-electron chi connectivity index (χ3n) is 5.67. The monoisotopic (exact) mass is 424 g/mol. The van der Waals surface area contributed by atoms with Crippen molar-refractivity contribution in [1.82, 2.24) is 9.97 Å². The Hall–Kier alpha value is -4.55. The molecule has 1 aromatic heterocycles. The fourth-order valence-corrected chi connectivity index (χ4v) is 4.09. The normalized spacial score (nSPS) is 13.9. The number of allylic oxidation sites excluding steroid dienone is 4. The third kappa shape index (κ3) is 4.03.